The molecule has 3 nitrogen and oxygen atoms in total. The Balaban J connectivity index is 2.11. The molecule has 2 atom stereocenters. The molecule has 1 aromatic carbocycles. The summed E-state index contributed by atoms with van der Waals surface area (Å²) in [5.74, 6) is 0. The van der Waals surface area contributed by atoms with Crippen LogP contribution in [0.3, 0.4) is 0 Å². The Hall–Kier alpha value is -1.53. The van der Waals surface area contributed by atoms with Crippen molar-refractivity contribution in [3.05, 3.63) is 29.8 Å². The van der Waals surface area contributed by atoms with E-state index < -0.39 is 0 Å². The lowest BCUT2D eigenvalue weighted by molar-refractivity contribution is 0.389. The van der Waals surface area contributed by atoms with Crippen LogP contribution in [0.1, 0.15) is 25.3 Å². The number of rotatable bonds is 2. The van der Waals surface area contributed by atoms with E-state index >= 15 is 0 Å². The highest BCUT2D eigenvalue weighted by Crippen LogP contribution is 2.19. The third kappa shape index (κ3) is 2.34. The maximum absolute atomic E-state index is 9.01. The van der Waals surface area contributed by atoms with Crippen molar-refractivity contribution >= 4 is 5.69 Å². The van der Waals surface area contributed by atoms with E-state index in [1.54, 1.807) is 0 Å². The van der Waals surface area contributed by atoms with Crippen LogP contribution in [0.5, 0.6) is 0 Å². The van der Waals surface area contributed by atoms with Crippen LogP contribution in [0.15, 0.2) is 24.3 Å². The lowest BCUT2D eigenvalue weighted by Crippen LogP contribution is -2.46. The van der Waals surface area contributed by atoms with Gasteiger partial charge >= 0.3 is 0 Å². The molecule has 1 aliphatic rings. The molecule has 2 N–H and O–H groups in total. The Morgan fingerprint density at radius 2 is 2.25 bits per heavy atom. The van der Waals surface area contributed by atoms with Gasteiger partial charge in [0.2, 0.25) is 0 Å². The average Bonchev–Trinajstić information content (AvgIpc) is 2.33. The van der Waals surface area contributed by atoms with Crippen LogP contribution < -0.4 is 10.6 Å². The molecule has 1 aromatic rings. The van der Waals surface area contributed by atoms with Crippen LogP contribution in [0.25, 0.3) is 0 Å². The van der Waals surface area contributed by atoms with E-state index in [-0.39, 0.29) is 0 Å². The summed E-state index contributed by atoms with van der Waals surface area (Å²) in [6.07, 6.45) is 2.35. The van der Waals surface area contributed by atoms with E-state index in [1.165, 1.54) is 6.42 Å². The predicted octanol–water partition coefficient (Wildman–Crippen LogP) is 2.11. The van der Waals surface area contributed by atoms with Gasteiger partial charge in [0.15, 0.2) is 0 Å². The third-order valence-corrected chi connectivity index (χ3v) is 3.15. The van der Waals surface area contributed by atoms with E-state index in [9.17, 15) is 0 Å². The van der Waals surface area contributed by atoms with Gasteiger partial charge < -0.3 is 10.6 Å². The second kappa shape index (κ2) is 5.00. The number of hydrogen-bond acceptors (Lipinski definition) is 3. The van der Waals surface area contributed by atoms with Gasteiger partial charge in [0.25, 0.3) is 0 Å². The number of anilines is 1. The van der Waals surface area contributed by atoms with E-state index in [4.69, 9.17) is 5.26 Å². The van der Waals surface area contributed by atoms with Crippen LogP contribution in [-0.4, -0.2) is 18.6 Å². The van der Waals surface area contributed by atoms with Gasteiger partial charge in [0.05, 0.1) is 11.3 Å². The minimum atomic E-state index is 0.420. The maximum atomic E-state index is 9.01. The normalized spacial score (nSPS) is 24.8. The summed E-state index contributed by atoms with van der Waals surface area (Å²) < 4.78 is 0. The Morgan fingerprint density at radius 1 is 1.44 bits per heavy atom. The highest BCUT2D eigenvalue weighted by Gasteiger charge is 2.20. The molecular weight excluding hydrogens is 198 g/mol. The van der Waals surface area contributed by atoms with Crippen molar-refractivity contribution in [3.8, 4) is 6.07 Å². The summed E-state index contributed by atoms with van der Waals surface area (Å²) in [6, 6.07) is 10.8. The number of benzene rings is 1. The van der Waals surface area contributed by atoms with Gasteiger partial charge in [-0.15, -0.1) is 0 Å². The molecule has 1 aliphatic heterocycles. The maximum Gasteiger partial charge on any atom is 0.101 e. The van der Waals surface area contributed by atoms with Crippen molar-refractivity contribution in [2.24, 2.45) is 0 Å². The SMILES string of the molecule is CC1NCCCC1Nc1ccccc1C#N. The Kier molecular flexibility index (Phi) is 3.43. The molecule has 0 amide bonds. The number of nitriles is 1. The summed E-state index contributed by atoms with van der Waals surface area (Å²) in [7, 11) is 0. The first-order chi connectivity index (χ1) is 7.81. The molecule has 16 heavy (non-hydrogen) atoms. The Labute approximate surface area is 96.5 Å². The van der Waals surface area contributed by atoms with Crippen LogP contribution in [0, 0.1) is 11.3 Å². The highest BCUT2D eigenvalue weighted by atomic mass is 15.0. The second-order valence-electron chi connectivity index (χ2n) is 4.29. The molecule has 3 heteroatoms. The molecule has 84 valence electrons. The minimum absolute atomic E-state index is 0.420. The Morgan fingerprint density at radius 3 is 3.00 bits per heavy atom. The average molecular weight is 215 g/mol. The molecule has 0 radical (unpaired) electrons. The zero-order valence-corrected chi connectivity index (χ0v) is 9.53. The van der Waals surface area contributed by atoms with Gasteiger partial charge in [-0.25, -0.2) is 0 Å². The van der Waals surface area contributed by atoms with Crippen molar-refractivity contribution in [2.45, 2.75) is 31.8 Å². The van der Waals surface area contributed by atoms with Crippen molar-refractivity contribution < 1.29 is 0 Å². The smallest absolute Gasteiger partial charge is 0.101 e. The number of nitrogens with one attached hydrogen (secondary N) is 2. The number of para-hydroxylation sites is 1. The zero-order valence-electron chi connectivity index (χ0n) is 9.53. The summed E-state index contributed by atoms with van der Waals surface area (Å²) in [6.45, 7) is 3.28. The van der Waals surface area contributed by atoms with E-state index in [0.29, 0.717) is 12.1 Å². The molecule has 0 spiro atoms. The number of piperidine rings is 1. The lowest BCUT2D eigenvalue weighted by Gasteiger charge is -2.31. The molecule has 1 heterocycles. The fraction of sp³-hybridized carbons (Fsp3) is 0.462. The Bertz CT molecular complexity index is 394. The molecule has 0 aromatic heterocycles. The second-order valence-corrected chi connectivity index (χ2v) is 4.29. The molecule has 0 aliphatic carbocycles. The standard InChI is InChI=1S/C13H17N3/c1-10-12(7-4-8-15-10)16-13-6-3-2-5-11(13)9-14/h2-3,5-6,10,12,15-16H,4,7-8H2,1H3. The topological polar surface area (TPSA) is 47.8 Å². The van der Waals surface area contributed by atoms with Gasteiger partial charge in [-0.3, -0.25) is 0 Å². The molecule has 1 saturated heterocycles. The summed E-state index contributed by atoms with van der Waals surface area (Å²) in [4.78, 5) is 0. The van der Waals surface area contributed by atoms with Crippen molar-refractivity contribution in [2.75, 3.05) is 11.9 Å². The fourth-order valence-corrected chi connectivity index (χ4v) is 2.15. The first-order valence-electron chi connectivity index (χ1n) is 5.80. The van der Waals surface area contributed by atoms with E-state index in [1.807, 2.05) is 24.3 Å². The molecule has 0 bridgehead atoms. The van der Waals surface area contributed by atoms with Crippen LogP contribution in [0.2, 0.25) is 0 Å². The van der Waals surface area contributed by atoms with Gasteiger partial charge in [0, 0.05) is 12.1 Å². The van der Waals surface area contributed by atoms with Gasteiger partial charge in [0.1, 0.15) is 6.07 Å². The van der Waals surface area contributed by atoms with E-state index in [0.717, 1.165) is 24.2 Å². The van der Waals surface area contributed by atoms with Crippen LogP contribution in [0.4, 0.5) is 5.69 Å². The predicted molar refractivity (Wildman–Crippen MR) is 65.3 cm³/mol. The zero-order chi connectivity index (χ0) is 11.4. The minimum Gasteiger partial charge on any atom is -0.380 e. The molecule has 2 unspecified atom stereocenters. The summed E-state index contributed by atoms with van der Waals surface area (Å²) in [5.41, 5.74) is 1.67. The number of hydrogen-bond donors (Lipinski definition) is 2. The molecule has 0 saturated carbocycles. The van der Waals surface area contributed by atoms with Gasteiger partial charge in [-0.2, -0.15) is 5.26 Å². The highest BCUT2D eigenvalue weighted by molar-refractivity contribution is 5.57. The van der Waals surface area contributed by atoms with Crippen molar-refractivity contribution in [1.82, 2.24) is 5.32 Å². The monoisotopic (exact) mass is 215 g/mol. The number of nitrogens with zero attached hydrogens (tertiary/aromatic N) is 1. The summed E-state index contributed by atoms with van der Waals surface area (Å²) >= 11 is 0. The molecular formula is C13H17N3. The fourth-order valence-electron chi connectivity index (χ4n) is 2.15. The molecule has 2 rings (SSSR count). The van der Waals surface area contributed by atoms with Gasteiger partial charge in [-0.05, 0) is 38.4 Å². The van der Waals surface area contributed by atoms with Crippen molar-refractivity contribution in [1.29, 1.82) is 5.26 Å². The molecule has 1 fully saturated rings. The third-order valence-electron chi connectivity index (χ3n) is 3.15. The first kappa shape index (κ1) is 11.0. The largest absolute Gasteiger partial charge is 0.380 e. The van der Waals surface area contributed by atoms with Crippen LogP contribution in [-0.2, 0) is 0 Å². The van der Waals surface area contributed by atoms with Gasteiger partial charge in [-0.1, -0.05) is 12.1 Å². The van der Waals surface area contributed by atoms with Crippen LogP contribution >= 0.6 is 0 Å². The lowest BCUT2D eigenvalue weighted by atomic mass is 9.99. The summed E-state index contributed by atoms with van der Waals surface area (Å²) in [5, 5.41) is 15.9. The van der Waals surface area contributed by atoms with E-state index in [2.05, 4.69) is 23.6 Å². The first-order valence-corrected chi connectivity index (χ1v) is 5.80. The quantitative estimate of drug-likeness (QED) is 0.794. The van der Waals surface area contributed by atoms with Crippen molar-refractivity contribution in [3.63, 3.8) is 0 Å².